The zero-order valence-electron chi connectivity index (χ0n) is 16.4. The molecule has 0 spiro atoms. The maximum absolute atomic E-state index is 13.5. The van der Waals surface area contributed by atoms with Crippen LogP contribution in [0.4, 0.5) is 5.69 Å². The number of carbonyl (C=O) groups is 2. The average Bonchev–Trinajstić information content (AvgIpc) is 3.16. The maximum Gasteiger partial charge on any atom is 0.259 e. The number of rotatable bonds is 7. The second-order valence-electron chi connectivity index (χ2n) is 6.75. The van der Waals surface area contributed by atoms with Crippen LogP contribution in [-0.4, -0.2) is 33.1 Å². The summed E-state index contributed by atoms with van der Waals surface area (Å²) in [5.74, 6) is -0.667. The zero-order valence-corrected chi connectivity index (χ0v) is 16.4. The van der Waals surface area contributed by atoms with E-state index in [2.05, 4.69) is 22.0 Å². The van der Waals surface area contributed by atoms with Crippen LogP contribution < -0.4 is 10.2 Å². The van der Waals surface area contributed by atoms with Crippen LogP contribution in [0.3, 0.4) is 0 Å². The van der Waals surface area contributed by atoms with Crippen molar-refractivity contribution in [2.24, 2.45) is 7.05 Å². The van der Waals surface area contributed by atoms with E-state index in [4.69, 9.17) is 0 Å². The van der Waals surface area contributed by atoms with Crippen LogP contribution in [0.15, 0.2) is 79.3 Å². The SMILES string of the molecule is C=C(C)CNC(=O)C(c1ccccn1)N(C(=O)c1ccccc1)c1cnn(C)c1. The third-order valence-electron chi connectivity index (χ3n) is 4.25. The summed E-state index contributed by atoms with van der Waals surface area (Å²) in [5.41, 5.74) is 2.23. The lowest BCUT2D eigenvalue weighted by molar-refractivity contribution is -0.122. The van der Waals surface area contributed by atoms with Crippen molar-refractivity contribution in [2.45, 2.75) is 13.0 Å². The van der Waals surface area contributed by atoms with E-state index in [1.807, 2.05) is 13.0 Å². The number of carbonyl (C=O) groups excluding carboxylic acids is 2. The van der Waals surface area contributed by atoms with Gasteiger partial charge >= 0.3 is 0 Å². The summed E-state index contributed by atoms with van der Waals surface area (Å²) in [5, 5.41) is 7.02. The number of pyridine rings is 1. The minimum absolute atomic E-state index is 0.308. The van der Waals surface area contributed by atoms with E-state index in [0.717, 1.165) is 5.57 Å². The van der Waals surface area contributed by atoms with Crippen LogP contribution in [0.25, 0.3) is 0 Å². The summed E-state index contributed by atoms with van der Waals surface area (Å²) in [7, 11) is 1.76. The number of hydrogen-bond donors (Lipinski definition) is 1. The van der Waals surface area contributed by atoms with E-state index in [1.54, 1.807) is 72.8 Å². The molecule has 1 unspecified atom stereocenters. The van der Waals surface area contributed by atoms with Crippen molar-refractivity contribution < 1.29 is 9.59 Å². The molecule has 3 rings (SSSR count). The van der Waals surface area contributed by atoms with Crippen molar-refractivity contribution in [2.75, 3.05) is 11.4 Å². The van der Waals surface area contributed by atoms with E-state index < -0.39 is 6.04 Å². The molecule has 2 aromatic heterocycles. The molecule has 0 saturated heterocycles. The fourth-order valence-electron chi connectivity index (χ4n) is 2.89. The highest BCUT2D eigenvalue weighted by Gasteiger charge is 2.34. The summed E-state index contributed by atoms with van der Waals surface area (Å²) in [6, 6.07) is 13.1. The lowest BCUT2D eigenvalue weighted by Gasteiger charge is -2.29. The molecule has 2 heterocycles. The Hall–Kier alpha value is -3.74. The first-order valence-electron chi connectivity index (χ1n) is 9.17. The van der Waals surface area contributed by atoms with E-state index >= 15 is 0 Å². The monoisotopic (exact) mass is 389 g/mol. The van der Waals surface area contributed by atoms with E-state index in [9.17, 15) is 9.59 Å². The molecule has 0 radical (unpaired) electrons. The van der Waals surface area contributed by atoms with Crippen LogP contribution in [0.5, 0.6) is 0 Å². The smallest absolute Gasteiger partial charge is 0.259 e. The van der Waals surface area contributed by atoms with E-state index in [1.165, 1.54) is 4.90 Å². The average molecular weight is 389 g/mol. The van der Waals surface area contributed by atoms with Gasteiger partial charge in [-0.1, -0.05) is 36.4 Å². The molecule has 0 fully saturated rings. The van der Waals surface area contributed by atoms with Gasteiger partial charge in [0.1, 0.15) is 0 Å². The predicted octanol–water partition coefficient (Wildman–Crippen LogP) is 2.90. The van der Waals surface area contributed by atoms with Crippen molar-refractivity contribution in [3.8, 4) is 0 Å². The molecule has 3 aromatic rings. The van der Waals surface area contributed by atoms with Gasteiger partial charge in [-0.3, -0.25) is 24.2 Å². The zero-order chi connectivity index (χ0) is 20.8. The maximum atomic E-state index is 13.5. The summed E-state index contributed by atoms with van der Waals surface area (Å²) in [6.07, 6.45) is 4.86. The van der Waals surface area contributed by atoms with Crippen molar-refractivity contribution in [3.63, 3.8) is 0 Å². The Bertz CT molecular complexity index is 998. The highest BCUT2D eigenvalue weighted by molar-refractivity contribution is 6.09. The molecule has 2 amide bonds. The topological polar surface area (TPSA) is 80.1 Å². The quantitative estimate of drug-likeness (QED) is 0.630. The molecule has 0 aliphatic rings. The summed E-state index contributed by atoms with van der Waals surface area (Å²) in [4.78, 5) is 32.4. The Kier molecular flexibility index (Phi) is 6.19. The number of benzene rings is 1. The first-order chi connectivity index (χ1) is 14.0. The normalized spacial score (nSPS) is 11.5. The van der Waals surface area contributed by atoms with Gasteiger partial charge in [-0.15, -0.1) is 0 Å². The number of nitrogens with one attached hydrogen (secondary N) is 1. The second kappa shape index (κ2) is 8.97. The van der Waals surface area contributed by atoms with Crippen LogP contribution in [0.1, 0.15) is 29.0 Å². The molecule has 29 heavy (non-hydrogen) atoms. The Morgan fingerprint density at radius 2 is 1.90 bits per heavy atom. The molecule has 0 bridgehead atoms. The fraction of sp³-hybridized carbons (Fsp3) is 0.182. The highest BCUT2D eigenvalue weighted by atomic mass is 16.2. The van der Waals surface area contributed by atoms with Crippen molar-refractivity contribution >= 4 is 17.5 Å². The lowest BCUT2D eigenvalue weighted by Crippen LogP contribution is -2.44. The van der Waals surface area contributed by atoms with Crippen LogP contribution in [0.2, 0.25) is 0 Å². The molecular weight excluding hydrogens is 366 g/mol. The third-order valence-corrected chi connectivity index (χ3v) is 4.25. The van der Waals surface area contributed by atoms with Gasteiger partial charge in [0.25, 0.3) is 5.91 Å². The van der Waals surface area contributed by atoms with E-state index in [-0.39, 0.29) is 11.8 Å². The van der Waals surface area contributed by atoms with Gasteiger partial charge in [0.15, 0.2) is 6.04 Å². The number of hydrogen-bond acceptors (Lipinski definition) is 4. The fourth-order valence-corrected chi connectivity index (χ4v) is 2.89. The first kappa shape index (κ1) is 20.0. The highest BCUT2D eigenvalue weighted by Crippen LogP contribution is 2.28. The number of nitrogens with zero attached hydrogens (tertiary/aromatic N) is 4. The van der Waals surface area contributed by atoms with Crippen LogP contribution in [-0.2, 0) is 11.8 Å². The Balaban J connectivity index is 2.10. The van der Waals surface area contributed by atoms with Gasteiger partial charge in [0, 0.05) is 31.5 Å². The standard InChI is InChI=1S/C22H23N5O2/c1-16(2)13-24-21(28)20(19-11-7-8-12-23-19)27(18-14-25-26(3)15-18)22(29)17-9-5-4-6-10-17/h4-12,14-15,20H,1,13H2,2-3H3,(H,24,28). The third kappa shape index (κ3) is 4.76. The van der Waals surface area contributed by atoms with Gasteiger partial charge in [-0.05, 0) is 31.2 Å². The van der Waals surface area contributed by atoms with Crippen LogP contribution in [0, 0.1) is 0 Å². The molecular formula is C22H23N5O2. The summed E-state index contributed by atoms with van der Waals surface area (Å²) in [6.45, 7) is 5.96. The summed E-state index contributed by atoms with van der Waals surface area (Å²) >= 11 is 0. The second-order valence-corrected chi connectivity index (χ2v) is 6.75. The molecule has 0 aliphatic heterocycles. The molecule has 0 saturated carbocycles. The predicted molar refractivity (Wildman–Crippen MR) is 111 cm³/mol. The van der Waals surface area contributed by atoms with Crippen molar-refractivity contribution in [1.82, 2.24) is 20.1 Å². The minimum atomic E-state index is -0.965. The summed E-state index contributed by atoms with van der Waals surface area (Å²) < 4.78 is 1.59. The van der Waals surface area contributed by atoms with Gasteiger partial charge in [0.2, 0.25) is 5.91 Å². The van der Waals surface area contributed by atoms with E-state index in [0.29, 0.717) is 23.5 Å². The minimum Gasteiger partial charge on any atom is -0.350 e. The van der Waals surface area contributed by atoms with Crippen LogP contribution >= 0.6 is 0 Å². The van der Waals surface area contributed by atoms with Gasteiger partial charge < -0.3 is 5.32 Å². The molecule has 148 valence electrons. The Morgan fingerprint density at radius 1 is 1.17 bits per heavy atom. The van der Waals surface area contributed by atoms with Gasteiger partial charge in [0.05, 0.1) is 17.6 Å². The Labute approximate surface area is 169 Å². The molecule has 1 N–H and O–H groups in total. The molecule has 1 aromatic carbocycles. The molecule has 0 aliphatic carbocycles. The van der Waals surface area contributed by atoms with Gasteiger partial charge in [-0.25, -0.2) is 0 Å². The number of anilines is 1. The molecule has 1 atom stereocenters. The van der Waals surface area contributed by atoms with Gasteiger partial charge in [-0.2, -0.15) is 5.10 Å². The molecule has 7 heteroatoms. The lowest BCUT2D eigenvalue weighted by atomic mass is 10.1. The largest absolute Gasteiger partial charge is 0.350 e. The van der Waals surface area contributed by atoms with Crippen molar-refractivity contribution in [1.29, 1.82) is 0 Å². The Morgan fingerprint density at radius 3 is 2.48 bits per heavy atom. The molecule has 7 nitrogen and oxygen atoms in total. The first-order valence-corrected chi connectivity index (χ1v) is 9.17. The number of aryl methyl sites for hydroxylation is 1. The van der Waals surface area contributed by atoms with Crippen molar-refractivity contribution in [3.05, 3.63) is 90.5 Å². The number of amides is 2. The number of aromatic nitrogens is 3.